The van der Waals surface area contributed by atoms with Crippen LogP contribution in [0.2, 0.25) is 0 Å². The van der Waals surface area contributed by atoms with Crippen molar-refractivity contribution in [3.05, 3.63) is 0 Å². The van der Waals surface area contributed by atoms with E-state index in [4.69, 9.17) is 0 Å². The van der Waals surface area contributed by atoms with Crippen LogP contribution in [-0.2, 0) is 4.79 Å². The molecule has 4 nitrogen and oxygen atoms in total. The Hall–Kier alpha value is -0.610. The second kappa shape index (κ2) is 14.8. The van der Waals surface area contributed by atoms with E-state index in [1.165, 1.54) is 25.7 Å². The molecule has 4 heteroatoms. The molecule has 0 atom stereocenters. The molecule has 0 aromatic heterocycles. The fourth-order valence-corrected chi connectivity index (χ4v) is 2.17. The lowest BCUT2D eigenvalue weighted by atomic mass is 10.1. The zero-order chi connectivity index (χ0) is 15.1. The summed E-state index contributed by atoms with van der Waals surface area (Å²) in [5.41, 5.74) is 0. The first-order valence-electron chi connectivity index (χ1n) is 8.44. The molecule has 0 aromatic carbocycles. The zero-order valence-corrected chi connectivity index (χ0v) is 13.8. The van der Waals surface area contributed by atoms with Crippen LogP contribution in [0.5, 0.6) is 0 Å². The maximum absolute atomic E-state index is 11.6. The van der Waals surface area contributed by atoms with Crippen LogP contribution in [0.15, 0.2) is 0 Å². The minimum Gasteiger partial charge on any atom is -0.355 e. The Morgan fingerprint density at radius 1 is 0.900 bits per heavy atom. The van der Waals surface area contributed by atoms with Gasteiger partial charge in [-0.15, -0.1) is 0 Å². The van der Waals surface area contributed by atoms with Gasteiger partial charge in [0.1, 0.15) is 0 Å². The van der Waals surface area contributed by atoms with E-state index in [2.05, 4.69) is 36.3 Å². The van der Waals surface area contributed by atoms with Crippen LogP contribution in [-0.4, -0.2) is 50.1 Å². The first-order chi connectivity index (χ1) is 9.74. The molecular formula is C16H35N3O. The number of rotatable bonds is 14. The quantitative estimate of drug-likeness (QED) is 0.482. The molecule has 1 amide bonds. The maximum atomic E-state index is 11.6. The molecule has 0 aliphatic rings. The number of unbranched alkanes of at least 4 members (excludes halogenated alkanes) is 4. The summed E-state index contributed by atoms with van der Waals surface area (Å²) < 4.78 is 0. The Morgan fingerprint density at radius 2 is 1.60 bits per heavy atom. The van der Waals surface area contributed by atoms with E-state index in [1.807, 2.05) is 0 Å². The van der Waals surface area contributed by atoms with E-state index < -0.39 is 0 Å². The molecule has 0 aromatic rings. The molecule has 0 saturated carbocycles. The summed E-state index contributed by atoms with van der Waals surface area (Å²) in [7, 11) is 0. The SMILES string of the molecule is CCCCCCCC(=O)NCCNCCN(CC)CC. The number of likely N-dealkylation sites (N-methyl/N-ethyl adjacent to an activating group) is 1. The van der Waals surface area contributed by atoms with Crippen molar-refractivity contribution in [2.24, 2.45) is 0 Å². The average Bonchev–Trinajstić information content (AvgIpc) is 2.46. The molecule has 0 aliphatic carbocycles. The van der Waals surface area contributed by atoms with Crippen LogP contribution in [0.1, 0.15) is 59.3 Å². The van der Waals surface area contributed by atoms with Crippen LogP contribution in [0.3, 0.4) is 0 Å². The standard InChI is InChI=1S/C16H35N3O/c1-4-7-8-9-10-11-16(20)18-13-12-17-14-15-19(5-2)6-3/h17H,4-15H2,1-3H3,(H,18,20). The molecule has 0 radical (unpaired) electrons. The summed E-state index contributed by atoms with van der Waals surface area (Å²) in [5, 5.41) is 6.34. The third-order valence-corrected chi connectivity index (χ3v) is 3.63. The summed E-state index contributed by atoms with van der Waals surface area (Å²) in [4.78, 5) is 14.0. The van der Waals surface area contributed by atoms with Crippen LogP contribution in [0, 0.1) is 0 Å². The number of nitrogens with one attached hydrogen (secondary N) is 2. The van der Waals surface area contributed by atoms with Gasteiger partial charge in [0.15, 0.2) is 0 Å². The van der Waals surface area contributed by atoms with Gasteiger partial charge in [-0.05, 0) is 19.5 Å². The Labute approximate surface area is 125 Å². The van der Waals surface area contributed by atoms with E-state index in [-0.39, 0.29) is 5.91 Å². The van der Waals surface area contributed by atoms with Gasteiger partial charge in [-0.3, -0.25) is 4.79 Å². The van der Waals surface area contributed by atoms with Gasteiger partial charge in [0.05, 0.1) is 0 Å². The summed E-state index contributed by atoms with van der Waals surface area (Å²) in [6.07, 6.45) is 6.70. The molecular weight excluding hydrogens is 250 g/mol. The van der Waals surface area contributed by atoms with Crippen LogP contribution >= 0.6 is 0 Å². The van der Waals surface area contributed by atoms with Crippen LogP contribution < -0.4 is 10.6 Å². The monoisotopic (exact) mass is 285 g/mol. The third-order valence-electron chi connectivity index (χ3n) is 3.63. The predicted molar refractivity (Wildman–Crippen MR) is 87.0 cm³/mol. The van der Waals surface area contributed by atoms with Gasteiger partial charge in [-0.1, -0.05) is 46.5 Å². The highest BCUT2D eigenvalue weighted by Gasteiger charge is 2.00. The van der Waals surface area contributed by atoms with E-state index in [1.54, 1.807) is 0 Å². The van der Waals surface area contributed by atoms with Gasteiger partial charge in [0.2, 0.25) is 5.91 Å². The molecule has 0 spiro atoms. The van der Waals surface area contributed by atoms with E-state index in [9.17, 15) is 4.79 Å². The first-order valence-corrected chi connectivity index (χ1v) is 8.44. The number of hydrogen-bond acceptors (Lipinski definition) is 3. The highest BCUT2D eigenvalue weighted by atomic mass is 16.1. The van der Waals surface area contributed by atoms with Crippen molar-refractivity contribution in [1.29, 1.82) is 0 Å². The highest BCUT2D eigenvalue weighted by Crippen LogP contribution is 2.04. The largest absolute Gasteiger partial charge is 0.355 e. The first kappa shape index (κ1) is 19.4. The van der Waals surface area contributed by atoms with Crippen molar-refractivity contribution in [2.45, 2.75) is 59.3 Å². The van der Waals surface area contributed by atoms with Crippen LogP contribution in [0.4, 0.5) is 0 Å². The number of amides is 1. The van der Waals surface area contributed by atoms with Crippen molar-refractivity contribution in [3.8, 4) is 0 Å². The number of carbonyl (C=O) groups is 1. The van der Waals surface area contributed by atoms with Gasteiger partial charge in [0, 0.05) is 32.6 Å². The summed E-state index contributed by atoms with van der Waals surface area (Å²) in [5.74, 6) is 0.201. The number of hydrogen-bond donors (Lipinski definition) is 2. The van der Waals surface area contributed by atoms with Crippen molar-refractivity contribution < 1.29 is 4.79 Å². The summed E-state index contributed by atoms with van der Waals surface area (Å²) in [6.45, 7) is 12.5. The van der Waals surface area contributed by atoms with Gasteiger partial charge < -0.3 is 15.5 Å². The number of carbonyl (C=O) groups excluding carboxylic acids is 1. The maximum Gasteiger partial charge on any atom is 0.220 e. The van der Waals surface area contributed by atoms with E-state index in [0.717, 1.165) is 45.7 Å². The molecule has 20 heavy (non-hydrogen) atoms. The number of nitrogens with zero attached hydrogens (tertiary/aromatic N) is 1. The van der Waals surface area contributed by atoms with E-state index >= 15 is 0 Å². The summed E-state index contributed by atoms with van der Waals surface area (Å²) >= 11 is 0. The topological polar surface area (TPSA) is 44.4 Å². The average molecular weight is 285 g/mol. The fourth-order valence-electron chi connectivity index (χ4n) is 2.17. The lowest BCUT2D eigenvalue weighted by Gasteiger charge is -2.18. The molecule has 0 heterocycles. The second-order valence-electron chi connectivity index (χ2n) is 5.29. The molecule has 2 N–H and O–H groups in total. The summed E-state index contributed by atoms with van der Waals surface area (Å²) in [6, 6.07) is 0. The fraction of sp³-hybridized carbons (Fsp3) is 0.938. The predicted octanol–water partition coefficient (Wildman–Crippen LogP) is 2.39. The van der Waals surface area contributed by atoms with Gasteiger partial charge in [-0.2, -0.15) is 0 Å². The van der Waals surface area contributed by atoms with Crippen molar-refractivity contribution in [2.75, 3.05) is 39.3 Å². The molecule has 0 unspecified atom stereocenters. The van der Waals surface area contributed by atoms with Gasteiger partial charge in [0.25, 0.3) is 0 Å². The highest BCUT2D eigenvalue weighted by molar-refractivity contribution is 5.75. The molecule has 0 rings (SSSR count). The Balaban J connectivity index is 3.27. The zero-order valence-electron chi connectivity index (χ0n) is 13.8. The van der Waals surface area contributed by atoms with Crippen LogP contribution in [0.25, 0.3) is 0 Å². The molecule has 0 aliphatic heterocycles. The molecule has 0 bridgehead atoms. The molecule has 120 valence electrons. The van der Waals surface area contributed by atoms with E-state index in [0.29, 0.717) is 6.42 Å². The smallest absolute Gasteiger partial charge is 0.220 e. The van der Waals surface area contributed by atoms with Gasteiger partial charge in [-0.25, -0.2) is 0 Å². The molecule has 0 fully saturated rings. The minimum absolute atomic E-state index is 0.201. The lowest BCUT2D eigenvalue weighted by Crippen LogP contribution is -2.36. The van der Waals surface area contributed by atoms with Crippen molar-refractivity contribution in [3.63, 3.8) is 0 Å². The Bertz CT molecular complexity index is 218. The lowest BCUT2D eigenvalue weighted by molar-refractivity contribution is -0.121. The van der Waals surface area contributed by atoms with Crippen molar-refractivity contribution >= 4 is 5.91 Å². The van der Waals surface area contributed by atoms with Gasteiger partial charge >= 0.3 is 0 Å². The molecule has 0 saturated heterocycles. The Morgan fingerprint density at radius 3 is 2.25 bits per heavy atom. The second-order valence-corrected chi connectivity index (χ2v) is 5.29. The minimum atomic E-state index is 0.201. The Kier molecular flexibility index (Phi) is 14.3. The third kappa shape index (κ3) is 12.4. The van der Waals surface area contributed by atoms with Crippen molar-refractivity contribution in [1.82, 2.24) is 15.5 Å². The normalized spacial score (nSPS) is 11.0.